The maximum atomic E-state index is 10.4. The van der Waals surface area contributed by atoms with Crippen LogP contribution in [0.1, 0.15) is 19.4 Å². The van der Waals surface area contributed by atoms with Crippen LogP contribution in [-0.2, 0) is 4.79 Å². The topological polar surface area (TPSA) is 37.3 Å². The van der Waals surface area contributed by atoms with Crippen LogP contribution in [0.25, 0.3) is 6.08 Å². The molecule has 0 saturated heterocycles. The van der Waals surface area contributed by atoms with Crippen molar-refractivity contribution >= 4 is 12.0 Å². The second-order valence-electron chi connectivity index (χ2n) is 4.24. The van der Waals surface area contributed by atoms with E-state index < -0.39 is 5.97 Å². The molecule has 0 atom stereocenters. The van der Waals surface area contributed by atoms with Gasteiger partial charge in [-0.1, -0.05) is 66.3 Å². The SMILES string of the molecule is CC(/C=C/c1ccccc1)=C\C=C\C(C)=C\C(=O)O. The van der Waals surface area contributed by atoms with Crippen LogP contribution >= 0.6 is 0 Å². The summed E-state index contributed by atoms with van der Waals surface area (Å²) in [6, 6.07) is 10.1. The molecule has 0 amide bonds. The van der Waals surface area contributed by atoms with Gasteiger partial charge >= 0.3 is 5.97 Å². The summed E-state index contributed by atoms with van der Waals surface area (Å²) in [4.78, 5) is 10.4. The third kappa shape index (κ3) is 6.84. The van der Waals surface area contributed by atoms with Gasteiger partial charge in [-0.05, 0) is 25.0 Å². The first-order valence-electron chi connectivity index (χ1n) is 6.07. The zero-order valence-corrected chi connectivity index (χ0v) is 11.2. The lowest BCUT2D eigenvalue weighted by molar-refractivity contribution is -0.131. The molecule has 2 heteroatoms. The zero-order valence-electron chi connectivity index (χ0n) is 11.2. The van der Waals surface area contributed by atoms with Crippen molar-refractivity contribution in [1.29, 1.82) is 0 Å². The van der Waals surface area contributed by atoms with E-state index in [1.54, 1.807) is 13.0 Å². The molecule has 1 N–H and O–H groups in total. The van der Waals surface area contributed by atoms with Gasteiger partial charge in [-0.15, -0.1) is 0 Å². The third-order valence-corrected chi connectivity index (χ3v) is 2.41. The van der Waals surface area contributed by atoms with E-state index in [1.807, 2.05) is 61.6 Å². The number of carboxylic acid groups (broad SMARTS) is 1. The molecule has 2 nitrogen and oxygen atoms in total. The second kappa shape index (κ2) is 7.88. The van der Waals surface area contributed by atoms with Crippen LogP contribution in [0, 0.1) is 0 Å². The van der Waals surface area contributed by atoms with Crippen LogP contribution in [0.4, 0.5) is 0 Å². The Labute approximate surface area is 114 Å². The molecule has 0 bridgehead atoms. The van der Waals surface area contributed by atoms with Crippen LogP contribution in [0.15, 0.2) is 71.9 Å². The first kappa shape index (κ1) is 14.7. The molecule has 19 heavy (non-hydrogen) atoms. The van der Waals surface area contributed by atoms with Crippen LogP contribution in [0.3, 0.4) is 0 Å². The molecular weight excluding hydrogens is 236 g/mol. The Morgan fingerprint density at radius 1 is 1.05 bits per heavy atom. The van der Waals surface area contributed by atoms with Crippen LogP contribution < -0.4 is 0 Å². The predicted octanol–water partition coefficient (Wildman–Crippen LogP) is 4.23. The molecule has 0 fully saturated rings. The standard InChI is InChI=1S/C17H18O2/c1-14(7-6-8-15(2)13-17(18)19)11-12-16-9-4-3-5-10-16/h3-13H,1-2H3,(H,18,19)/b8-6+,12-11+,14-7+,15-13+. The van der Waals surface area contributed by atoms with Gasteiger partial charge in [0.25, 0.3) is 0 Å². The highest BCUT2D eigenvalue weighted by Crippen LogP contribution is 2.05. The van der Waals surface area contributed by atoms with Crippen molar-refractivity contribution in [3.63, 3.8) is 0 Å². The summed E-state index contributed by atoms with van der Waals surface area (Å²) in [5.74, 6) is -0.924. The van der Waals surface area contributed by atoms with Crippen LogP contribution in [-0.4, -0.2) is 11.1 Å². The van der Waals surface area contributed by atoms with E-state index in [9.17, 15) is 4.79 Å². The molecular formula is C17H18O2. The lowest BCUT2D eigenvalue weighted by atomic mass is 10.1. The molecule has 1 aromatic rings. The summed E-state index contributed by atoms with van der Waals surface area (Å²) in [6.45, 7) is 3.76. The van der Waals surface area contributed by atoms with Crippen molar-refractivity contribution in [1.82, 2.24) is 0 Å². The molecule has 0 heterocycles. The van der Waals surface area contributed by atoms with Gasteiger partial charge in [0, 0.05) is 6.08 Å². The summed E-state index contributed by atoms with van der Waals surface area (Å²) in [5, 5.41) is 8.57. The fourth-order valence-electron chi connectivity index (χ4n) is 1.44. The lowest BCUT2D eigenvalue weighted by Crippen LogP contribution is -1.87. The Morgan fingerprint density at radius 2 is 1.74 bits per heavy atom. The van der Waals surface area contributed by atoms with Crippen molar-refractivity contribution in [2.45, 2.75) is 13.8 Å². The number of aliphatic carboxylic acids is 1. The molecule has 0 aliphatic heterocycles. The number of carbonyl (C=O) groups is 1. The summed E-state index contributed by atoms with van der Waals surface area (Å²) in [7, 11) is 0. The van der Waals surface area contributed by atoms with E-state index in [0.717, 1.165) is 11.1 Å². The number of allylic oxidation sites excluding steroid dienone is 6. The average molecular weight is 254 g/mol. The Kier molecular flexibility index (Phi) is 6.10. The number of carboxylic acids is 1. The van der Waals surface area contributed by atoms with E-state index in [0.29, 0.717) is 5.57 Å². The molecule has 0 aliphatic rings. The van der Waals surface area contributed by atoms with Gasteiger partial charge in [0.15, 0.2) is 0 Å². The molecule has 1 aromatic carbocycles. The minimum absolute atomic E-state index is 0.712. The van der Waals surface area contributed by atoms with Gasteiger partial charge in [-0.2, -0.15) is 0 Å². The van der Waals surface area contributed by atoms with Crippen molar-refractivity contribution in [2.75, 3.05) is 0 Å². The molecule has 0 unspecified atom stereocenters. The second-order valence-corrected chi connectivity index (χ2v) is 4.24. The zero-order chi connectivity index (χ0) is 14.1. The monoisotopic (exact) mass is 254 g/mol. The molecule has 0 spiro atoms. The lowest BCUT2D eigenvalue weighted by Gasteiger charge is -1.92. The Bertz CT molecular complexity index is 532. The van der Waals surface area contributed by atoms with Crippen molar-refractivity contribution in [3.05, 3.63) is 77.4 Å². The van der Waals surface area contributed by atoms with Gasteiger partial charge in [0.2, 0.25) is 0 Å². The summed E-state index contributed by atoms with van der Waals surface area (Å²) in [5.41, 5.74) is 2.97. The summed E-state index contributed by atoms with van der Waals surface area (Å²) in [6.07, 6.45) is 10.8. The van der Waals surface area contributed by atoms with Crippen LogP contribution in [0.5, 0.6) is 0 Å². The highest BCUT2D eigenvalue weighted by Gasteiger charge is 1.88. The van der Waals surface area contributed by atoms with E-state index >= 15 is 0 Å². The van der Waals surface area contributed by atoms with Crippen molar-refractivity contribution in [2.24, 2.45) is 0 Å². The first-order valence-corrected chi connectivity index (χ1v) is 6.07. The highest BCUT2D eigenvalue weighted by atomic mass is 16.4. The average Bonchev–Trinajstić information content (AvgIpc) is 2.36. The van der Waals surface area contributed by atoms with Gasteiger partial charge in [-0.3, -0.25) is 0 Å². The van der Waals surface area contributed by atoms with E-state index in [2.05, 4.69) is 0 Å². The maximum Gasteiger partial charge on any atom is 0.328 e. The van der Waals surface area contributed by atoms with Crippen molar-refractivity contribution in [3.8, 4) is 0 Å². The Hall–Kier alpha value is -2.35. The third-order valence-electron chi connectivity index (χ3n) is 2.41. The molecule has 0 saturated carbocycles. The van der Waals surface area contributed by atoms with Gasteiger partial charge in [0.1, 0.15) is 0 Å². The van der Waals surface area contributed by atoms with Gasteiger partial charge < -0.3 is 5.11 Å². The normalized spacial score (nSPS) is 13.4. The van der Waals surface area contributed by atoms with Crippen molar-refractivity contribution < 1.29 is 9.90 Å². The maximum absolute atomic E-state index is 10.4. The molecule has 0 radical (unpaired) electrons. The van der Waals surface area contributed by atoms with Crippen LogP contribution in [0.2, 0.25) is 0 Å². The summed E-state index contributed by atoms with van der Waals surface area (Å²) < 4.78 is 0. The van der Waals surface area contributed by atoms with E-state index in [4.69, 9.17) is 5.11 Å². The van der Waals surface area contributed by atoms with Gasteiger partial charge in [0.05, 0.1) is 0 Å². The minimum atomic E-state index is -0.924. The number of hydrogen-bond donors (Lipinski definition) is 1. The molecule has 0 aliphatic carbocycles. The fourth-order valence-corrected chi connectivity index (χ4v) is 1.44. The predicted molar refractivity (Wildman–Crippen MR) is 79.8 cm³/mol. The first-order chi connectivity index (χ1) is 9.08. The smallest absolute Gasteiger partial charge is 0.328 e. The van der Waals surface area contributed by atoms with E-state index in [-0.39, 0.29) is 0 Å². The molecule has 1 rings (SSSR count). The molecule has 0 aromatic heterocycles. The van der Waals surface area contributed by atoms with Gasteiger partial charge in [-0.25, -0.2) is 4.79 Å². The fraction of sp³-hybridized carbons (Fsp3) is 0.118. The summed E-state index contributed by atoms with van der Waals surface area (Å²) >= 11 is 0. The highest BCUT2D eigenvalue weighted by molar-refractivity contribution is 5.81. The number of hydrogen-bond acceptors (Lipinski definition) is 1. The minimum Gasteiger partial charge on any atom is -0.478 e. The number of rotatable bonds is 5. The number of benzene rings is 1. The molecule has 98 valence electrons. The largest absolute Gasteiger partial charge is 0.478 e. The Balaban J connectivity index is 2.61. The Morgan fingerprint density at radius 3 is 2.37 bits per heavy atom. The van der Waals surface area contributed by atoms with E-state index in [1.165, 1.54) is 6.08 Å². The quantitative estimate of drug-likeness (QED) is 0.630.